The van der Waals surface area contributed by atoms with E-state index in [0.29, 0.717) is 15.9 Å². The summed E-state index contributed by atoms with van der Waals surface area (Å²) in [5, 5.41) is 10.8. The van der Waals surface area contributed by atoms with Crippen molar-refractivity contribution in [2.75, 3.05) is 19.8 Å². The molecule has 1 heterocycles. The SMILES string of the molecule is CC(C)[C@H](OC(=O)n1c2ccccc2c2ccccc21)C(=O)N(CC(=O)O)CC(=O)CF. The number of carboxylic acid groups (broad SMARTS) is 1. The standard InChI is InChI=1S/C23H23FN2O6/c1-14(2)21(22(30)25(13-20(28)29)12-15(27)11-24)32-23(31)26-18-9-5-3-7-16(18)17-8-4-6-10-19(17)26/h3-10,14,21H,11-13H2,1-2H3,(H,28,29)/t21-/m0/s1. The number of fused-ring (bicyclic) bond motifs is 3. The Kier molecular flexibility index (Phi) is 6.87. The third-order valence-corrected chi connectivity index (χ3v) is 4.99. The van der Waals surface area contributed by atoms with Crippen molar-refractivity contribution in [1.29, 1.82) is 0 Å². The monoisotopic (exact) mass is 442 g/mol. The van der Waals surface area contributed by atoms with Gasteiger partial charge in [-0.25, -0.2) is 13.8 Å². The molecule has 0 aliphatic carbocycles. The smallest absolute Gasteiger partial charge is 0.419 e. The van der Waals surface area contributed by atoms with E-state index in [0.717, 1.165) is 10.8 Å². The summed E-state index contributed by atoms with van der Waals surface area (Å²) in [7, 11) is 0. The molecular formula is C23H23FN2O6. The van der Waals surface area contributed by atoms with Crippen LogP contribution >= 0.6 is 0 Å². The fourth-order valence-electron chi connectivity index (χ4n) is 3.56. The van der Waals surface area contributed by atoms with Crippen LogP contribution in [0.1, 0.15) is 13.8 Å². The van der Waals surface area contributed by atoms with Gasteiger partial charge < -0.3 is 14.7 Å². The highest BCUT2D eigenvalue weighted by Gasteiger charge is 2.33. The highest BCUT2D eigenvalue weighted by atomic mass is 19.1. The normalized spacial score (nSPS) is 12.1. The zero-order chi connectivity index (χ0) is 23.4. The van der Waals surface area contributed by atoms with Crippen LogP contribution in [-0.2, 0) is 19.1 Å². The van der Waals surface area contributed by atoms with E-state index in [1.807, 2.05) is 24.3 Å². The van der Waals surface area contributed by atoms with E-state index in [9.17, 15) is 23.6 Å². The fourth-order valence-corrected chi connectivity index (χ4v) is 3.56. The van der Waals surface area contributed by atoms with Crippen LogP contribution in [0.25, 0.3) is 21.8 Å². The number of para-hydroxylation sites is 2. The molecule has 0 fully saturated rings. The first-order valence-electron chi connectivity index (χ1n) is 10.0. The Balaban J connectivity index is 1.97. The molecule has 1 N–H and O–H groups in total. The van der Waals surface area contributed by atoms with Crippen molar-refractivity contribution >= 4 is 45.6 Å². The molecule has 0 saturated heterocycles. The van der Waals surface area contributed by atoms with Crippen LogP contribution in [0.2, 0.25) is 0 Å². The van der Waals surface area contributed by atoms with E-state index in [1.165, 1.54) is 4.57 Å². The number of benzene rings is 2. The van der Waals surface area contributed by atoms with Crippen molar-refractivity contribution < 1.29 is 33.4 Å². The minimum Gasteiger partial charge on any atom is -0.480 e. The molecule has 3 rings (SSSR count). The number of alkyl halides is 1. The fraction of sp³-hybridized carbons (Fsp3) is 0.304. The Morgan fingerprint density at radius 3 is 1.97 bits per heavy atom. The summed E-state index contributed by atoms with van der Waals surface area (Å²) in [6.07, 6.45) is -2.18. The van der Waals surface area contributed by atoms with Gasteiger partial charge in [0.1, 0.15) is 13.2 Å². The van der Waals surface area contributed by atoms with Gasteiger partial charge in [-0.1, -0.05) is 50.2 Å². The molecule has 0 aliphatic heterocycles. The molecule has 8 nitrogen and oxygen atoms in total. The molecule has 0 spiro atoms. The molecule has 3 aromatic rings. The van der Waals surface area contributed by atoms with E-state index in [4.69, 9.17) is 9.84 Å². The Bertz CT molecular complexity index is 1130. The number of amides is 1. The van der Waals surface area contributed by atoms with Crippen molar-refractivity contribution in [2.45, 2.75) is 20.0 Å². The number of aliphatic carboxylic acids is 1. The van der Waals surface area contributed by atoms with Gasteiger partial charge in [-0.3, -0.25) is 14.4 Å². The summed E-state index contributed by atoms with van der Waals surface area (Å²) in [4.78, 5) is 49.6. The average molecular weight is 442 g/mol. The van der Waals surface area contributed by atoms with Gasteiger partial charge in [0, 0.05) is 10.8 Å². The third kappa shape index (κ3) is 4.61. The zero-order valence-electron chi connectivity index (χ0n) is 17.7. The number of carbonyl (C=O) groups excluding carboxylic acids is 3. The molecular weight excluding hydrogens is 419 g/mol. The molecule has 0 saturated carbocycles. The number of ketones is 1. The molecule has 0 unspecified atom stereocenters. The number of carbonyl (C=O) groups is 4. The third-order valence-electron chi connectivity index (χ3n) is 4.99. The number of hydrogen-bond acceptors (Lipinski definition) is 5. The van der Waals surface area contributed by atoms with Crippen LogP contribution in [0.5, 0.6) is 0 Å². The molecule has 1 atom stereocenters. The lowest BCUT2D eigenvalue weighted by atomic mass is 10.1. The molecule has 0 bridgehead atoms. The molecule has 32 heavy (non-hydrogen) atoms. The lowest BCUT2D eigenvalue weighted by Gasteiger charge is -2.27. The van der Waals surface area contributed by atoms with Crippen molar-refractivity contribution in [1.82, 2.24) is 9.47 Å². The number of carboxylic acids is 1. The number of rotatable bonds is 8. The maximum atomic E-state index is 13.2. The van der Waals surface area contributed by atoms with Gasteiger partial charge in [0.15, 0.2) is 11.9 Å². The maximum Gasteiger partial charge on any atom is 0.419 e. The first-order valence-corrected chi connectivity index (χ1v) is 10.0. The summed E-state index contributed by atoms with van der Waals surface area (Å²) in [6, 6.07) is 14.5. The van der Waals surface area contributed by atoms with Crippen molar-refractivity contribution in [3.8, 4) is 0 Å². The number of nitrogens with zero attached hydrogens (tertiary/aromatic N) is 2. The van der Waals surface area contributed by atoms with Gasteiger partial charge in [-0.05, 0) is 18.1 Å². The Hall–Kier alpha value is -3.75. The summed E-state index contributed by atoms with van der Waals surface area (Å²) in [5.74, 6) is -3.73. The lowest BCUT2D eigenvalue weighted by Crippen LogP contribution is -2.48. The molecule has 0 radical (unpaired) electrons. The molecule has 1 amide bonds. The van der Waals surface area contributed by atoms with Crippen molar-refractivity contribution in [2.24, 2.45) is 5.92 Å². The molecule has 9 heteroatoms. The molecule has 0 aliphatic rings. The van der Waals surface area contributed by atoms with Crippen LogP contribution in [0.4, 0.5) is 9.18 Å². The van der Waals surface area contributed by atoms with Gasteiger partial charge in [-0.15, -0.1) is 0 Å². The van der Waals surface area contributed by atoms with Crippen molar-refractivity contribution in [3.05, 3.63) is 48.5 Å². The van der Waals surface area contributed by atoms with Crippen LogP contribution in [0.15, 0.2) is 48.5 Å². The van der Waals surface area contributed by atoms with Crippen molar-refractivity contribution in [3.63, 3.8) is 0 Å². The summed E-state index contributed by atoms with van der Waals surface area (Å²) in [5.41, 5.74) is 1.17. The molecule has 168 valence electrons. The Labute approximate surface area is 183 Å². The topological polar surface area (TPSA) is 106 Å². The Morgan fingerprint density at radius 1 is 0.969 bits per heavy atom. The number of aromatic nitrogens is 1. The van der Waals surface area contributed by atoms with E-state index >= 15 is 0 Å². The maximum absolute atomic E-state index is 13.2. The predicted octanol–water partition coefficient (Wildman–Crippen LogP) is 3.26. The predicted molar refractivity (Wildman–Crippen MR) is 115 cm³/mol. The minimum absolute atomic E-state index is 0.531. The second-order valence-corrected chi connectivity index (χ2v) is 7.68. The van der Waals surface area contributed by atoms with Gasteiger partial charge in [0.05, 0.1) is 17.6 Å². The number of halogens is 1. The van der Waals surface area contributed by atoms with Gasteiger partial charge >= 0.3 is 12.1 Å². The number of Topliss-reactive ketones (excluding diaryl/α,β-unsaturated/α-hetero) is 1. The van der Waals surface area contributed by atoms with E-state index in [-0.39, 0.29) is 0 Å². The van der Waals surface area contributed by atoms with E-state index < -0.39 is 55.5 Å². The van der Waals surface area contributed by atoms with E-state index in [2.05, 4.69) is 0 Å². The zero-order valence-corrected chi connectivity index (χ0v) is 17.7. The van der Waals surface area contributed by atoms with Gasteiger partial charge in [0.25, 0.3) is 5.91 Å². The summed E-state index contributed by atoms with van der Waals surface area (Å²) < 4.78 is 19.6. The molecule has 1 aromatic heterocycles. The van der Waals surface area contributed by atoms with Gasteiger partial charge in [0.2, 0.25) is 0 Å². The van der Waals surface area contributed by atoms with E-state index in [1.54, 1.807) is 38.1 Å². The summed E-state index contributed by atoms with van der Waals surface area (Å²) in [6.45, 7) is 0.366. The lowest BCUT2D eigenvalue weighted by molar-refractivity contribution is -0.151. The first-order chi connectivity index (χ1) is 15.2. The highest BCUT2D eigenvalue weighted by molar-refractivity contribution is 6.12. The number of hydrogen-bond donors (Lipinski definition) is 1. The van der Waals surface area contributed by atoms with Crippen LogP contribution in [0.3, 0.4) is 0 Å². The second-order valence-electron chi connectivity index (χ2n) is 7.68. The van der Waals surface area contributed by atoms with Crippen LogP contribution in [0, 0.1) is 5.92 Å². The first kappa shape index (κ1) is 22.9. The average Bonchev–Trinajstić information content (AvgIpc) is 3.10. The highest BCUT2D eigenvalue weighted by Crippen LogP contribution is 2.29. The largest absolute Gasteiger partial charge is 0.480 e. The number of ether oxygens (including phenoxy) is 1. The molecule has 2 aromatic carbocycles. The van der Waals surface area contributed by atoms with Crippen LogP contribution in [-0.4, -0.2) is 64.2 Å². The van der Waals surface area contributed by atoms with Gasteiger partial charge in [-0.2, -0.15) is 0 Å². The Morgan fingerprint density at radius 2 is 1.50 bits per heavy atom. The quantitative estimate of drug-likeness (QED) is 0.574. The minimum atomic E-state index is -1.37. The second kappa shape index (κ2) is 9.59. The van der Waals surface area contributed by atoms with Crippen LogP contribution < -0.4 is 0 Å². The summed E-state index contributed by atoms with van der Waals surface area (Å²) >= 11 is 0.